The van der Waals surface area contributed by atoms with E-state index in [9.17, 15) is 13.6 Å². The third kappa shape index (κ3) is 2.89. The molecule has 0 saturated carbocycles. The minimum Gasteiger partial charge on any atom is -0.391 e. The normalized spacial score (nSPS) is 10.8. The fourth-order valence-corrected chi connectivity index (χ4v) is 1.26. The van der Waals surface area contributed by atoms with Crippen LogP contribution in [0.15, 0.2) is 11.1 Å². The predicted octanol–water partition coefficient (Wildman–Crippen LogP) is -0.618. The van der Waals surface area contributed by atoms with Crippen molar-refractivity contribution in [2.24, 2.45) is 5.73 Å². The highest BCUT2D eigenvalue weighted by molar-refractivity contribution is 5.60. The summed E-state index contributed by atoms with van der Waals surface area (Å²) < 4.78 is 24.6. The van der Waals surface area contributed by atoms with Gasteiger partial charge in [0, 0.05) is 13.1 Å². The van der Waals surface area contributed by atoms with Gasteiger partial charge >= 0.3 is 0 Å². The Morgan fingerprint density at radius 3 is 2.81 bits per heavy atom. The van der Waals surface area contributed by atoms with E-state index in [0.717, 1.165) is 6.33 Å². The van der Waals surface area contributed by atoms with E-state index in [0.29, 0.717) is 0 Å². The number of alkyl halides is 2. The van der Waals surface area contributed by atoms with Crippen molar-refractivity contribution < 1.29 is 8.78 Å². The van der Waals surface area contributed by atoms with Crippen molar-refractivity contribution in [3.63, 3.8) is 0 Å². The molecule has 1 aromatic heterocycles. The summed E-state index contributed by atoms with van der Waals surface area (Å²) >= 11 is 0. The summed E-state index contributed by atoms with van der Waals surface area (Å²) in [6.45, 7) is -0.233. The van der Waals surface area contributed by atoms with Gasteiger partial charge in [0.25, 0.3) is 12.0 Å². The van der Waals surface area contributed by atoms with Gasteiger partial charge in [-0.25, -0.2) is 13.8 Å². The zero-order valence-electron chi connectivity index (χ0n) is 8.49. The quantitative estimate of drug-likeness (QED) is 0.629. The second-order valence-corrected chi connectivity index (χ2v) is 3.09. The van der Waals surface area contributed by atoms with E-state index in [4.69, 9.17) is 11.5 Å². The Balaban J connectivity index is 3.00. The van der Waals surface area contributed by atoms with E-state index in [1.54, 1.807) is 0 Å². The number of nitrogen functional groups attached to an aromatic ring is 1. The summed E-state index contributed by atoms with van der Waals surface area (Å²) in [5, 5.41) is 0. The summed E-state index contributed by atoms with van der Waals surface area (Å²) in [5.41, 5.74) is 10.0. The van der Waals surface area contributed by atoms with Crippen molar-refractivity contribution in [2.75, 3.05) is 30.3 Å². The maximum atomic E-state index is 12.3. The van der Waals surface area contributed by atoms with Crippen molar-refractivity contribution in [1.82, 2.24) is 9.97 Å². The number of nitrogens with one attached hydrogen (secondary N) is 1. The van der Waals surface area contributed by atoms with Gasteiger partial charge in [0.1, 0.15) is 5.69 Å². The molecule has 0 saturated heterocycles. The molecule has 0 aromatic carbocycles. The van der Waals surface area contributed by atoms with Crippen LogP contribution in [0.4, 0.5) is 20.3 Å². The average molecular weight is 233 g/mol. The molecule has 1 heterocycles. The van der Waals surface area contributed by atoms with E-state index in [-0.39, 0.29) is 24.6 Å². The SMILES string of the molecule is NCCN(CC(F)F)c1nc[nH]c(=O)c1N. The van der Waals surface area contributed by atoms with E-state index in [2.05, 4.69) is 9.97 Å². The maximum Gasteiger partial charge on any atom is 0.276 e. The van der Waals surface area contributed by atoms with Crippen molar-refractivity contribution in [1.29, 1.82) is 0 Å². The minimum atomic E-state index is -2.55. The molecule has 0 amide bonds. The van der Waals surface area contributed by atoms with Crippen LogP contribution in [0.1, 0.15) is 0 Å². The van der Waals surface area contributed by atoms with Crippen LogP contribution in [0.2, 0.25) is 0 Å². The molecule has 0 unspecified atom stereocenters. The van der Waals surface area contributed by atoms with E-state index in [1.165, 1.54) is 4.90 Å². The third-order valence-corrected chi connectivity index (χ3v) is 1.92. The lowest BCUT2D eigenvalue weighted by Gasteiger charge is -2.23. The van der Waals surface area contributed by atoms with Crippen LogP contribution < -0.4 is 21.9 Å². The molecule has 0 bridgehead atoms. The number of anilines is 2. The van der Waals surface area contributed by atoms with Crippen LogP contribution in [0, 0.1) is 0 Å². The van der Waals surface area contributed by atoms with Crippen molar-refractivity contribution in [3.8, 4) is 0 Å². The molecule has 1 rings (SSSR count). The molecule has 6 nitrogen and oxygen atoms in total. The third-order valence-electron chi connectivity index (χ3n) is 1.92. The Bertz CT molecular complexity index is 394. The monoisotopic (exact) mass is 233 g/mol. The van der Waals surface area contributed by atoms with E-state index < -0.39 is 18.5 Å². The van der Waals surface area contributed by atoms with Crippen LogP contribution >= 0.6 is 0 Å². The van der Waals surface area contributed by atoms with Crippen LogP contribution in [-0.2, 0) is 0 Å². The fourth-order valence-electron chi connectivity index (χ4n) is 1.26. The zero-order valence-corrected chi connectivity index (χ0v) is 8.49. The topological polar surface area (TPSA) is 101 Å². The van der Waals surface area contributed by atoms with Crippen LogP contribution in [-0.4, -0.2) is 36.0 Å². The minimum absolute atomic E-state index is 0.0366. The van der Waals surface area contributed by atoms with Gasteiger partial charge in [-0.05, 0) is 0 Å². The lowest BCUT2D eigenvalue weighted by Crippen LogP contribution is -2.36. The van der Waals surface area contributed by atoms with E-state index >= 15 is 0 Å². The average Bonchev–Trinajstić information content (AvgIpc) is 2.21. The van der Waals surface area contributed by atoms with Crippen molar-refractivity contribution in [3.05, 3.63) is 16.7 Å². The molecule has 8 heteroatoms. The number of H-pyrrole nitrogens is 1. The number of halogens is 2. The number of aromatic amines is 1. The lowest BCUT2D eigenvalue weighted by atomic mass is 10.4. The Hall–Kier alpha value is -1.70. The van der Waals surface area contributed by atoms with Crippen molar-refractivity contribution >= 4 is 11.5 Å². The van der Waals surface area contributed by atoms with Gasteiger partial charge in [0.2, 0.25) is 0 Å². The molecule has 0 fully saturated rings. The Morgan fingerprint density at radius 2 is 2.25 bits per heavy atom. The summed E-state index contributed by atoms with van der Waals surface area (Å²) in [5.74, 6) is 0.0366. The van der Waals surface area contributed by atoms with Gasteiger partial charge in [-0.15, -0.1) is 0 Å². The summed E-state index contributed by atoms with van der Waals surface area (Å²) in [7, 11) is 0. The molecule has 16 heavy (non-hydrogen) atoms. The van der Waals surface area contributed by atoms with Gasteiger partial charge < -0.3 is 21.4 Å². The molecule has 0 aliphatic carbocycles. The second kappa shape index (κ2) is 5.40. The first kappa shape index (κ1) is 12.4. The molecule has 0 aliphatic rings. The molecule has 1 aromatic rings. The number of nitrogens with two attached hydrogens (primary N) is 2. The summed E-state index contributed by atoms with van der Waals surface area (Å²) in [6.07, 6.45) is -1.43. The number of nitrogens with zero attached hydrogens (tertiary/aromatic N) is 2. The number of aromatic nitrogens is 2. The summed E-state index contributed by atoms with van der Waals surface area (Å²) in [4.78, 5) is 18.4. The highest BCUT2D eigenvalue weighted by Gasteiger charge is 2.17. The van der Waals surface area contributed by atoms with Crippen LogP contribution in [0.3, 0.4) is 0 Å². The largest absolute Gasteiger partial charge is 0.391 e. The van der Waals surface area contributed by atoms with Gasteiger partial charge in [-0.1, -0.05) is 0 Å². The van der Waals surface area contributed by atoms with Gasteiger partial charge in [-0.2, -0.15) is 0 Å². The smallest absolute Gasteiger partial charge is 0.276 e. The highest BCUT2D eigenvalue weighted by Crippen LogP contribution is 2.15. The Morgan fingerprint density at radius 1 is 1.56 bits per heavy atom. The Kier molecular flexibility index (Phi) is 4.18. The highest BCUT2D eigenvalue weighted by atomic mass is 19.3. The fraction of sp³-hybridized carbons (Fsp3) is 0.500. The van der Waals surface area contributed by atoms with E-state index in [1.807, 2.05) is 0 Å². The zero-order chi connectivity index (χ0) is 12.1. The maximum absolute atomic E-state index is 12.3. The van der Waals surface area contributed by atoms with Gasteiger partial charge in [-0.3, -0.25) is 4.79 Å². The standard InChI is InChI=1S/C8H13F2N5O/c9-5(10)3-15(2-1-11)7-6(12)8(16)14-4-13-7/h4-5H,1-3,11-12H2,(H,13,14,16). The van der Waals surface area contributed by atoms with Gasteiger partial charge in [0.05, 0.1) is 12.9 Å². The predicted molar refractivity (Wildman–Crippen MR) is 56.5 cm³/mol. The summed E-state index contributed by atoms with van der Waals surface area (Å²) in [6, 6.07) is 0. The lowest BCUT2D eigenvalue weighted by molar-refractivity contribution is 0.155. The molecular weight excluding hydrogens is 220 g/mol. The van der Waals surface area contributed by atoms with Crippen LogP contribution in [0.25, 0.3) is 0 Å². The molecule has 0 atom stereocenters. The molecule has 0 aliphatic heterocycles. The van der Waals surface area contributed by atoms with Gasteiger partial charge in [0.15, 0.2) is 5.82 Å². The Labute approximate surface area is 90.3 Å². The van der Waals surface area contributed by atoms with Crippen molar-refractivity contribution in [2.45, 2.75) is 6.43 Å². The molecular formula is C8H13F2N5O. The molecule has 90 valence electrons. The molecule has 0 radical (unpaired) electrons. The number of hydrogen-bond acceptors (Lipinski definition) is 5. The first-order valence-electron chi connectivity index (χ1n) is 4.62. The molecule has 0 spiro atoms. The first-order chi connectivity index (χ1) is 7.56. The molecule has 5 N–H and O–H groups in total. The van der Waals surface area contributed by atoms with Crippen LogP contribution in [0.5, 0.6) is 0 Å². The second-order valence-electron chi connectivity index (χ2n) is 3.09. The number of rotatable bonds is 5. The first-order valence-corrected chi connectivity index (χ1v) is 4.62. The number of hydrogen-bond donors (Lipinski definition) is 3.